The van der Waals surface area contributed by atoms with E-state index in [9.17, 15) is 9.59 Å². The van der Waals surface area contributed by atoms with Crippen molar-refractivity contribution in [2.75, 3.05) is 5.73 Å². The van der Waals surface area contributed by atoms with Crippen molar-refractivity contribution in [2.45, 2.75) is 39.0 Å². The van der Waals surface area contributed by atoms with Crippen LogP contribution in [0.1, 0.15) is 47.8 Å². The monoisotopic (exact) mass is 350 g/mol. The lowest BCUT2D eigenvalue weighted by atomic mass is 10.0. The molecule has 26 heavy (non-hydrogen) atoms. The van der Waals surface area contributed by atoms with E-state index in [4.69, 9.17) is 5.73 Å². The van der Waals surface area contributed by atoms with Gasteiger partial charge in [0.25, 0.3) is 5.56 Å². The molecule has 0 aliphatic heterocycles. The Hall–Kier alpha value is -3.02. The number of ketones is 1. The lowest BCUT2D eigenvalue weighted by Crippen LogP contribution is -2.12. The number of aromatic amines is 1. The van der Waals surface area contributed by atoms with Crippen molar-refractivity contribution in [2.24, 2.45) is 0 Å². The summed E-state index contributed by atoms with van der Waals surface area (Å²) in [6.45, 7) is 2.08. The second-order valence-electron chi connectivity index (χ2n) is 6.37. The number of nitrogens with one attached hydrogen (secondary N) is 1. The molecule has 0 aliphatic carbocycles. The number of carbonyl (C=O) groups excluding carboxylic acids is 1. The van der Waals surface area contributed by atoms with Gasteiger partial charge in [0.05, 0.1) is 11.2 Å². The standard InChI is InChI=1S/C20H22N4O2/c1-2-3-4-17(25)14-8-5-13(6-9-14)7-10-15-12-22-16-11-18(21)24-20(26)19(16)23-15/h5-6,8-9,11-12H,2-4,7,10H2,1H3,(H3,21,24,26). The highest BCUT2D eigenvalue weighted by molar-refractivity contribution is 5.96. The molecule has 3 N–H and O–H groups in total. The Morgan fingerprint density at radius 2 is 1.96 bits per heavy atom. The van der Waals surface area contributed by atoms with Crippen molar-refractivity contribution in [3.8, 4) is 0 Å². The number of rotatable bonds is 7. The normalized spacial score (nSPS) is 11.0. The van der Waals surface area contributed by atoms with Crippen molar-refractivity contribution in [1.82, 2.24) is 15.0 Å². The smallest absolute Gasteiger partial charge is 0.277 e. The predicted molar refractivity (Wildman–Crippen MR) is 102 cm³/mol. The number of nitrogens with zero attached hydrogens (tertiary/aromatic N) is 2. The van der Waals surface area contributed by atoms with Gasteiger partial charge in [-0.15, -0.1) is 0 Å². The van der Waals surface area contributed by atoms with Crippen molar-refractivity contribution in [3.05, 3.63) is 63.7 Å². The first-order chi connectivity index (χ1) is 12.6. The van der Waals surface area contributed by atoms with Gasteiger partial charge in [-0.25, -0.2) is 4.98 Å². The van der Waals surface area contributed by atoms with Crippen LogP contribution in [0.5, 0.6) is 0 Å². The molecule has 0 unspecified atom stereocenters. The molecular weight excluding hydrogens is 328 g/mol. The number of H-pyrrole nitrogens is 1. The molecule has 0 radical (unpaired) electrons. The van der Waals surface area contributed by atoms with Gasteiger partial charge in [0.2, 0.25) is 0 Å². The van der Waals surface area contributed by atoms with E-state index in [1.165, 1.54) is 0 Å². The number of aromatic nitrogens is 3. The number of hydrogen-bond donors (Lipinski definition) is 2. The molecule has 6 heteroatoms. The van der Waals surface area contributed by atoms with E-state index in [-0.39, 0.29) is 17.2 Å². The molecule has 0 amide bonds. The maximum atomic E-state index is 12.0. The first-order valence-electron chi connectivity index (χ1n) is 8.83. The Labute approximate surface area is 151 Å². The second kappa shape index (κ2) is 7.91. The summed E-state index contributed by atoms with van der Waals surface area (Å²) >= 11 is 0. The Morgan fingerprint density at radius 1 is 1.19 bits per heavy atom. The molecule has 6 nitrogen and oxygen atoms in total. The first kappa shape index (κ1) is 17.8. The van der Waals surface area contributed by atoms with Gasteiger partial charge >= 0.3 is 0 Å². The van der Waals surface area contributed by atoms with Crippen LogP contribution >= 0.6 is 0 Å². The number of pyridine rings is 1. The fourth-order valence-electron chi connectivity index (χ4n) is 2.81. The molecule has 3 aromatic rings. The van der Waals surface area contributed by atoms with E-state index in [0.29, 0.717) is 23.9 Å². The zero-order valence-corrected chi connectivity index (χ0v) is 14.8. The minimum Gasteiger partial charge on any atom is -0.385 e. The van der Waals surface area contributed by atoms with Crippen LogP contribution in [0.25, 0.3) is 11.0 Å². The second-order valence-corrected chi connectivity index (χ2v) is 6.37. The van der Waals surface area contributed by atoms with Crippen molar-refractivity contribution >= 4 is 22.6 Å². The maximum absolute atomic E-state index is 12.0. The van der Waals surface area contributed by atoms with Crippen LogP contribution in [0.3, 0.4) is 0 Å². The van der Waals surface area contributed by atoms with E-state index in [0.717, 1.165) is 36.1 Å². The van der Waals surface area contributed by atoms with E-state index < -0.39 is 0 Å². The average Bonchev–Trinajstić information content (AvgIpc) is 2.65. The van der Waals surface area contributed by atoms with E-state index in [1.807, 2.05) is 24.3 Å². The topological polar surface area (TPSA) is 102 Å². The minimum absolute atomic E-state index is 0.192. The van der Waals surface area contributed by atoms with Crippen molar-refractivity contribution in [3.63, 3.8) is 0 Å². The van der Waals surface area contributed by atoms with Crippen LogP contribution in [0.15, 0.2) is 41.3 Å². The summed E-state index contributed by atoms with van der Waals surface area (Å²) in [5, 5.41) is 0. The SMILES string of the molecule is CCCCC(=O)c1ccc(CCc2cnc3cc(N)[nH]c(=O)c3n2)cc1. The number of anilines is 1. The number of nitrogen functional groups attached to an aromatic ring is 1. The average molecular weight is 350 g/mol. The molecule has 0 aliphatic rings. The number of Topliss-reactive ketones (excluding diaryl/α,β-unsaturated/α-hetero) is 1. The Balaban J connectivity index is 1.68. The summed E-state index contributed by atoms with van der Waals surface area (Å²) < 4.78 is 0. The lowest BCUT2D eigenvalue weighted by molar-refractivity contribution is 0.0980. The summed E-state index contributed by atoms with van der Waals surface area (Å²) in [6.07, 6.45) is 5.63. The third kappa shape index (κ3) is 4.14. The largest absolute Gasteiger partial charge is 0.385 e. The number of unbranched alkanes of at least 4 members (excludes halogenated alkanes) is 1. The summed E-state index contributed by atoms with van der Waals surface area (Å²) in [4.78, 5) is 35.1. The van der Waals surface area contributed by atoms with Gasteiger partial charge in [0.1, 0.15) is 5.82 Å². The maximum Gasteiger partial charge on any atom is 0.277 e. The Kier molecular flexibility index (Phi) is 5.41. The van der Waals surface area contributed by atoms with Crippen LogP contribution in [-0.4, -0.2) is 20.7 Å². The summed E-state index contributed by atoms with van der Waals surface area (Å²) in [7, 11) is 0. The van der Waals surface area contributed by atoms with Crippen LogP contribution in [0.4, 0.5) is 5.82 Å². The molecule has 0 spiro atoms. The number of carbonyl (C=O) groups is 1. The lowest BCUT2D eigenvalue weighted by Gasteiger charge is -2.05. The molecule has 0 atom stereocenters. The number of benzene rings is 1. The van der Waals surface area contributed by atoms with E-state index in [2.05, 4.69) is 21.9 Å². The molecule has 0 saturated heterocycles. The number of nitrogens with two attached hydrogens (primary N) is 1. The molecule has 0 saturated carbocycles. The van der Waals surface area contributed by atoms with Crippen LogP contribution in [-0.2, 0) is 12.8 Å². The number of fused-ring (bicyclic) bond motifs is 1. The molecule has 0 bridgehead atoms. The molecule has 2 heterocycles. The Morgan fingerprint density at radius 3 is 2.69 bits per heavy atom. The molecular formula is C20H22N4O2. The Bertz CT molecular complexity index is 977. The summed E-state index contributed by atoms with van der Waals surface area (Å²) in [5.74, 6) is 0.468. The third-order valence-corrected chi connectivity index (χ3v) is 4.32. The van der Waals surface area contributed by atoms with Gasteiger partial charge < -0.3 is 10.7 Å². The van der Waals surface area contributed by atoms with Gasteiger partial charge in [0.15, 0.2) is 11.3 Å². The van der Waals surface area contributed by atoms with Gasteiger partial charge in [-0.2, -0.15) is 0 Å². The van der Waals surface area contributed by atoms with Crippen molar-refractivity contribution in [1.29, 1.82) is 0 Å². The van der Waals surface area contributed by atoms with E-state index in [1.54, 1.807) is 12.3 Å². The minimum atomic E-state index is -0.329. The highest BCUT2D eigenvalue weighted by Gasteiger charge is 2.07. The van der Waals surface area contributed by atoms with Gasteiger partial charge in [0, 0.05) is 24.2 Å². The fourth-order valence-corrected chi connectivity index (χ4v) is 2.81. The molecule has 0 fully saturated rings. The van der Waals surface area contributed by atoms with Crippen molar-refractivity contribution < 1.29 is 4.79 Å². The molecule has 134 valence electrons. The highest BCUT2D eigenvalue weighted by Crippen LogP contribution is 2.12. The highest BCUT2D eigenvalue weighted by atomic mass is 16.1. The van der Waals surface area contributed by atoms with Gasteiger partial charge in [-0.1, -0.05) is 37.6 Å². The zero-order chi connectivity index (χ0) is 18.5. The van der Waals surface area contributed by atoms with Crippen LogP contribution in [0, 0.1) is 0 Å². The van der Waals surface area contributed by atoms with Crippen LogP contribution < -0.4 is 11.3 Å². The number of hydrogen-bond acceptors (Lipinski definition) is 5. The summed E-state index contributed by atoms with van der Waals surface area (Å²) in [5.41, 5.74) is 8.69. The first-order valence-corrected chi connectivity index (χ1v) is 8.83. The summed E-state index contributed by atoms with van der Waals surface area (Å²) in [6, 6.07) is 9.31. The fraction of sp³-hybridized carbons (Fsp3) is 0.300. The zero-order valence-electron chi connectivity index (χ0n) is 14.8. The predicted octanol–water partition coefficient (Wildman–Crippen LogP) is 3.06. The van der Waals surface area contributed by atoms with Gasteiger partial charge in [-0.05, 0) is 24.8 Å². The molecule has 2 aromatic heterocycles. The quantitative estimate of drug-likeness (QED) is 0.638. The van der Waals surface area contributed by atoms with Crippen LogP contribution in [0.2, 0.25) is 0 Å². The number of aryl methyl sites for hydroxylation is 2. The molecule has 1 aromatic carbocycles. The molecule has 3 rings (SSSR count). The van der Waals surface area contributed by atoms with Gasteiger partial charge in [-0.3, -0.25) is 14.6 Å². The third-order valence-electron chi connectivity index (χ3n) is 4.32. The van der Waals surface area contributed by atoms with E-state index >= 15 is 0 Å².